The van der Waals surface area contributed by atoms with Crippen molar-refractivity contribution in [2.24, 2.45) is 10.2 Å². The van der Waals surface area contributed by atoms with Gasteiger partial charge in [-0.15, -0.1) is 0 Å². The van der Waals surface area contributed by atoms with E-state index in [1.165, 1.54) is 0 Å². The number of para-hydroxylation sites is 1. The molecule has 108 valence electrons. The maximum Gasteiger partial charge on any atom is 0.172 e. The summed E-state index contributed by atoms with van der Waals surface area (Å²) in [5.41, 5.74) is 1.16. The van der Waals surface area contributed by atoms with Gasteiger partial charge in [-0.1, -0.05) is 36.4 Å². The lowest BCUT2D eigenvalue weighted by Gasteiger charge is -2.22. The first-order valence-corrected chi connectivity index (χ1v) is 7.08. The lowest BCUT2D eigenvalue weighted by molar-refractivity contribution is 0.465. The van der Waals surface area contributed by atoms with Crippen LogP contribution in [-0.2, 0) is 0 Å². The molecule has 4 nitrogen and oxygen atoms in total. The molecule has 0 saturated carbocycles. The number of nitrogens with zero attached hydrogens (tertiary/aromatic N) is 2. The van der Waals surface area contributed by atoms with Crippen molar-refractivity contribution in [1.82, 2.24) is 5.32 Å². The van der Waals surface area contributed by atoms with Gasteiger partial charge in [0.05, 0.1) is 5.69 Å². The van der Waals surface area contributed by atoms with E-state index in [1.807, 2.05) is 74.5 Å². The predicted molar refractivity (Wildman–Crippen MR) is 90.8 cm³/mol. The minimum atomic E-state index is -0.589. The fraction of sp³-hybridized carbons (Fsp3) is 0.188. The molecule has 0 radical (unpaired) electrons. The predicted octanol–water partition coefficient (Wildman–Crippen LogP) is 4.49. The number of nitrogens with one attached hydrogen (secondary N) is 2. The Hall–Kier alpha value is -2.27. The van der Waals surface area contributed by atoms with Gasteiger partial charge in [0.25, 0.3) is 0 Å². The van der Waals surface area contributed by atoms with E-state index in [2.05, 4.69) is 20.9 Å². The lowest BCUT2D eigenvalue weighted by Crippen LogP contribution is -2.43. The molecule has 2 aromatic rings. The molecule has 0 aliphatic heterocycles. The summed E-state index contributed by atoms with van der Waals surface area (Å²) in [6.07, 6.45) is 0. The van der Waals surface area contributed by atoms with Crippen molar-refractivity contribution in [3.8, 4) is 0 Å². The van der Waals surface area contributed by atoms with Crippen LogP contribution in [0.4, 0.5) is 11.4 Å². The van der Waals surface area contributed by atoms with E-state index >= 15 is 0 Å². The monoisotopic (exact) mass is 298 g/mol. The second-order valence-electron chi connectivity index (χ2n) is 5.04. The van der Waals surface area contributed by atoms with Gasteiger partial charge in [-0.3, -0.25) is 0 Å². The van der Waals surface area contributed by atoms with Crippen LogP contribution in [0.15, 0.2) is 70.9 Å². The molecule has 0 heterocycles. The van der Waals surface area contributed by atoms with E-state index in [0.29, 0.717) is 5.11 Å². The maximum absolute atomic E-state index is 5.29. The fourth-order valence-corrected chi connectivity index (χ4v) is 2.03. The molecule has 2 aromatic carbocycles. The second kappa shape index (κ2) is 6.95. The summed E-state index contributed by atoms with van der Waals surface area (Å²) in [7, 11) is 0. The zero-order valence-electron chi connectivity index (χ0n) is 12.1. The molecule has 5 heteroatoms. The average molecular weight is 298 g/mol. The van der Waals surface area contributed by atoms with E-state index < -0.39 is 5.66 Å². The lowest BCUT2D eigenvalue weighted by atomic mass is 10.3. The summed E-state index contributed by atoms with van der Waals surface area (Å²) in [4.78, 5) is 0. The van der Waals surface area contributed by atoms with Gasteiger partial charge in [0, 0.05) is 5.69 Å². The van der Waals surface area contributed by atoms with Crippen molar-refractivity contribution in [3.05, 3.63) is 60.7 Å². The first kappa shape index (κ1) is 15.1. The Morgan fingerprint density at radius 3 is 2.14 bits per heavy atom. The number of hydrogen-bond acceptors (Lipinski definition) is 3. The molecule has 0 fully saturated rings. The molecule has 2 N–H and O–H groups in total. The largest absolute Gasteiger partial charge is 0.337 e. The quantitative estimate of drug-likeness (QED) is 0.645. The standard InChI is InChI=1S/C16H18N4S/c1-16(2,20-19-14-11-7-4-8-12-14)18-15(21)17-13-9-5-3-6-10-13/h3-12H,1-2H3,(H2,17,18,21). The minimum absolute atomic E-state index is 0.512. The molecule has 0 saturated heterocycles. The van der Waals surface area contributed by atoms with Crippen molar-refractivity contribution in [3.63, 3.8) is 0 Å². The SMILES string of the molecule is CC(C)(N=Nc1ccccc1)NC(=S)Nc1ccccc1. The average Bonchev–Trinajstić information content (AvgIpc) is 2.47. The number of anilines is 1. The highest BCUT2D eigenvalue weighted by molar-refractivity contribution is 7.80. The van der Waals surface area contributed by atoms with Gasteiger partial charge in [0.15, 0.2) is 5.11 Å². The highest BCUT2D eigenvalue weighted by Crippen LogP contribution is 2.15. The molecule has 21 heavy (non-hydrogen) atoms. The summed E-state index contributed by atoms with van der Waals surface area (Å²) in [6, 6.07) is 19.4. The Morgan fingerprint density at radius 1 is 0.952 bits per heavy atom. The Morgan fingerprint density at radius 2 is 1.52 bits per heavy atom. The van der Waals surface area contributed by atoms with Gasteiger partial charge in [0.1, 0.15) is 5.66 Å². The number of hydrogen-bond donors (Lipinski definition) is 2. The molecule has 0 atom stereocenters. The third-order valence-electron chi connectivity index (χ3n) is 2.62. The van der Waals surface area contributed by atoms with Crippen LogP contribution in [0.5, 0.6) is 0 Å². The van der Waals surface area contributed by atoms with Crippen molar-refractivity contribution in [2.75, 3.05) is 5.32 Å². The molecule has 0 unspecified atom stereocenters. The van der Waals surface area contributed by atoms with Crippen LogP contribution >= 0.6 is 12.2 Å². The summed E-state index contributed by atoms with van der Waals surface area (Å²) in [5.74, 6) is 0. The van der Waals surface area contributed by atoms with Crippen LogP contribution in [0.25, 0.3) is 0 Å². The van der Waals surface area contributed by atoms with Gasteiger partial charge in [-0.05, 0) is 50.3 Å². The molecular weight excluding hydrogens is 280 g/mol. The molecular formula is C16H18N4S. The first-order valence-electron chi connectivity index (χ1n) is 6.67. The van der Waals surface area contributed by atoms with Crippen molar-refractivity contribution < 1.29 is 0 Å². The van der Waals surface area contributed by atoms with Crippen molar-refractivity contribution >= 4 is 28.7 Å². The van der Waals surface area contributed by atoms with Gasteiger partial charge in [-0.2, -0.15) is 10.2 Å². The maximum atomic E-state index is 5.29. The molecule has 0 aromatic heterocycles. The summed E-state index contributed by atoms with van der Waals surface area (Å²) < 4.78 is 0. The third-order valence-corrected chi connectivity index (χ3v) is 2.83. The van der Waals surface area contributed by atoms with Crippen LogP contribution in [0.1, 0.15) is 13.8 Å². The number of benzene rings is 2. The molecule has 0 spiro atoms. The van der Waals surface area contributed by atoms with E-state index in [-0.39, 0.29) is 0 Å². The summed E-state index contributed by atoms with van der Waals surface area (Å²) in [6.45, 7) is 3.83. The smallest absolute Gasteiger partial charge is 0.172 e. The summed E-state index contributed by atoms with van der Waals surface area (Å²) in [5, 5.41) is 15.3. The summed E-state index contributed by atoms with van der Waals surface area (Å²) >= 11 is 5.29. The van der Waals surface area contributed by atoms with E-state index in [9.17, 15) is 0 Å². The second-order valence-corrected chi connectivity index (χ2v) is 5.45. The van der Waals surface area contributed by atoms with E-state index in [1.54, 1.807) is 0 Å². The Labute approximate surface area is 130 Å². The van der Waals surface area contributed by atoms with Crippen LogP contribution in [0.2, 0.25) is 0 Å². The van der Waals surface area contributed by atoms with E-state index in [0.717, 1.165) is 11.4 Å². The van der Waals surface area contributed by atoms with Crippen molar-refractivity contribution in [2.45, 2.75) is 19.5 Å². The topological polar surface area (TPSA) is 48.8 Å². The van der Waals surface area contributed by atoms with Gasteiger partial charge in [-0.25, -0.2) is 0 Å². The number of thiocarbonyl (C=S) groups is 1. The number of azo groups is 1. The van der Waals surface area contributed by atoms with Gasteiger partial charge in [0.2, 0.25) is 0 Å². The number of rotatable bonds is 4. The van der Waals surface area contributed by atoms with Crippen LogP contribution < -0.4 is 10.6 Å². The fourth-order valence-electron chi connectivity index (χ4n) is 1.66. The zero-order chi connectivity index (χ0) is 15.1. The minimum Gasteiger partial charge on any atom is -0.337 e. The Kier molecular flexibility index (Phi) is 5.00. The molecule has 0 amide bonds. The third kappa shape index (κ3) is 5.31. The first-order chi connectivity index (χ1) is 10.1. The zero-order valence-corrected chi connectivity index (χ0v) is 12.9. The van der Waals surface area contributed by atoms with Crippen LogP contribution in [-0.4, -0.2) is 10.8 Å². The van der Waals surface area contributed by atoms with E-state index in [4.69, 9.17) is 12.2 Å². The molecule has 0 aliphatic rings. The van der Waals surface area contributed by atoms with Gasteiger partial charge < -0.3 is 10.6 Å². The normalized spacial score (nSPS) is 11.3. The Bertz CT molecular complexity index is 609. The molecule has 0 aliphatic carbocycles. The highest BCUT2D eigenvalue weighted by Gasteiger charge is 2.17. The Balaban J connectivity index is 1.94. The van der Waals surface area contributed by atoms with Crippen LogP contribution in [0.3, 0.4) is 0 Å². The van der Waals surface area contributed by atoms with Crippen LogP contribution in [0, 0.1) is 0 Å². The highest BCUT2D eigenvalue weighted by atomic mass is 32.1. The van der Waals surface area contributed by atoms with Crippen molar-refractivity contribution in [1.29, 1.82) is 0 Å². The molecule has 0 bridgehead atoms. The van der Waals surface area contributed by atoms with Gasteiger partial charge >= 0.3 is 0 Å². The molecule has 2 rings (SSSR count).